The van der Waals surface area contributed by atoms with Gasteiger partial charge in [-0.1, -0.05) is 41.9 Å². The minimum absolute atomic E-state index is 0.0116. The van der Waals surface area contributed by atoms with E-state index in [1.54, 1.807) is 48.5 Å². The van der Waals surface area contributed by atoms with Gasteiger partial charge in [0, 0.05) is 17.0 Å². The van der Waals surface area contributed by atoms with E-state index < -0.39 is 17.4 Å². The first-order valence-corrected chi connectivity index (χ1v) is 9.50. The van der Waals surface area contributed by atoms with Crippen LogP contribution in [-0.2, 0) is 4.79 Å². The third-order valence-electron chi connectivity index (χ3n) is 5.38. The van der Waals surface area contributed by atoms with E-state index in [0.717, 1.165) is 10.1 Å². The van der Waals surface area contributed by atoms with E-state index in [1.165, 1.54) is 9.36 Å². The molecule has 140 valence electrons. The van der Waals surface area contributed by atoms with Crippen molar-refractivity contribution in [2.24, 2.45) is 0 Å². The Morgan fingerprint density at radius 2 is 1.57 bits per heavy atom. The lowest BCUT2D eigenvalue weighted by Crippen LogP contribution is -2.31. The Bertz CT molecular complexity index is 1250. The topological polar surface area (TPSA) is 66.0 Å². The molecule has 1 aromatic heterocycles. The lowest BCUT2D eigenvalue weighted by Gasteiger charge is -2.18. The summed E-state index contributed by atoms with van der Waals surface area (Å²) in [4.78, 5) is 39.3. The molecule has 0 spiro atoms. The van der Waals surface area contributed by atoms with Gasteiger partial charge < -0.3 is 0 Å². The summed E-state index contributed by atoms with van der Waals surface area (Å²) in [6.45, 7) is 0. The number of para-hydroxylation sites is 1. The van der Waals surface area contributed by atoms with Crippen molar-refractivity contribution in [1.29, 1.82) is 0 Å². The number of halogens is 1. The molecule has 2 aromatic carbocycles. The van der Waals surface area contributed by atoms with Crippen molar-refractivity contribution in [3.8, 4) is 5.69 Å². The molecule has 3 aromatic rings. The standard InChI is InChI=1S/C21H16ClN3O3/c22-14-11-9-13(10-12-14)19-18-16(7-4-8-17(18)26)24-20(27)23(21(28)25(19)24)15-5-2-1-3-6-15/h1-3,5-6,9-12,19H,4,7-8H2. The van der Waals surface area contributed by atoms with Gasteiger partial charge in [0.15, 0.2) is 5.78 Å². The van der Waals surface area contributed by atoms with Gasteiger partial charge in [-0.25, -0.2) is 23.5 Å². The van der Waals surface area contributed by atoms with Crippen LogP contribution in [-0.4, -0.2) is 19.7 Å². The number of hydrogen-bond donors (Lipinski definition) is 0. The van der Waals surface area contributed by atoms with Gasteiger partial charge in [-0.2, -0.15) is 0 Å². The number of aromatic nitrogens is 3. The van der Waals surface area contributed by atoms with Crippen LogP contribution in [0.3, 0.4) is 0 Å². The van der Waals surface area contributed by atoms with Gasteiger partial charge in [-0.15, -0.1) is 0 Å². The average Bonchev–Trinajstić information content (AvgIpc) is 3.18. The fraction of sp³-hybridized carbons (Fsp3) is 0.190. The maximum Gasteiger partial charge on any atom is 0.356 e. The SMILES string of the molecule is O=C1CCCC2=C1C(c1ccc(Cl)cc1)n1c(=O)n(-c3ccccc3)c(=O)n12. The zero-order valence-electron chi connectivity index (χ0n) is 14.8. The molecule has 2 aliphatic rings. The van der Waals surface area contributed by atoms with Crippen LogP contribution >= 0.6 is 11.6 Å². The van der Waals surface area contributed by atoms with Crippen molar-refractivity contribution in [2.75, 3.05) is 0 Å². The molecule has 0 fully saturated rings. The van der Waals surface area contributed by atoms with Crippen molar-refractivity contribution in [3.63, 3.8) is 0 Å². The van der Waals surface area contributed by atoms with Gasteiger partial charge in [0.25, 0.3) is 0 Å². The van der Waals surface area contributed by atoms with Gasteiger partial charge in [0.2, 0.25) is 0 Å². The summed E-state index contributed by atoms with van der Waals surface area (Å²) >= 11 is 6.02. The molecule has 1 unspecified atom stereocenters. The second kappa shape index (κ2) is 6.21. The summed E-state index contributed by atoms with van der Waals surface area (Å²) < 4.78 is 3.96. The Balaban J connectivity index is 1.83. The normalized spacial score (nSPS) is 18.3. The van der Waals surface area contributed by atoms with Gasteiger partial charge in [-0.3, -0.25) is 4.79 Å². The molecule has 6 nitrogen and oxygen atoms in total. The Morgan fingerprint density at radius 3 is 2.29 bits per heavy atom. The number of carbonyl (C=O) groups excluding carboxylic acids is 1. The number of allylic oxidation sites excluding steroid dienone is 2. The minimum atomic E-state index is -0.620. The van der Waals surface area contributed by atoms with Crippen molar-refractivity contribution in [3.05, 3.63) is 91.7 Å². The van der Waals surface area contributed by atoms with Crippen LogP contribution < -0.4 is 11.4 Å². The second-order valence-corrected chi connectivity index (χ2v) is 7.42. The molecule has 0 saturated carbocycles. The van der Waals surface area contributed by atoms with Crippen LogP contribution in [0.15, 0.2) is 69.8 Å². The highest BCUT2D eigenvalue weighted by Crippen LogP contribution is 2.40. The maximum absolute atomic E-state index is 13.3. The van der Waals surface area contributed by atoms with E-state index in [2.05, 4.69) is 0 Å². The molecule has 2 heterocycles. The van der Waals surface area contributed by atoms with Crippen LogP contribution in [0.2, 0.25) is 5.02 Å². The number of rotatable bonds is 2. The highest BCUT2D eigenvalue weighted by molar-refractivity contribution is 6.30. The zero-order chi connectivity index (χ0) is 19.4. The third kappa shape index (κ3) is 2.31. The quantitative estimate of drug-likeness (QED) is 0.672. The van der Waals surface area contributed by atoms with E-state index in [9.17, 15) is 14.4 Å². The van der Waals surface area contributed by atoms with Gasteiger partial charge in [-0.05, 0) is 42.7 Å². The highest BCUT2D eigenvalue weighted by Gasteiger charge is 2.41. The van der Waals surface area contributed by atoms with E-state index in [0.29, 0.717) is 41.2 Å². The fourth-order valence-corrected chi connectivity index (χ4v) is 4.30. The number of carbonyl (C=O) groups is 1. The van der Waals surface area contributed by atoms with Crippen molar-refractivity contribution >= 4 is 23.1 Å². The van der Waals surface area contributed by atoms with Crippen LogP contribution in [0.25, 0.3) is 11.4 Å². The number of fused-ring (bicyclic) bond motifs is 2. The minimum Gasteiger partial charge on any atom is -0.294 e. The van der Waals surface area contributed by atoms with Crippen molar-refractivity contribution in [1.82, 2.24) is 13.9 Å². The Hall–Kier alpha value is -3.12. The molecule has 28 heavy (non-hydrogen) atoms. The molecular formula is C21H16ClN3O3. The number of ketones is 1. The molecule has 1 aliphatic heterocycles. The largest absolute Gasteiger partial charge is 0.356 e. The lowest BCUT2D eigenvalue weighted by atomic mass is 9.88. The molecule has 0 N–H and O–H groups in total. The third-order valence-corrected chi connectivity index (χ3v) is 5.63. The van der Waals surface area contributed by atoms with Crippen LogP contribution in [0, 0.1) is 0 Å². The van der Waals surface area contributed by atoms with Gasteiger partial charge >= 0.3 is 11.4 Å². The average molecular weight is 394 g/mol. The van der Waals surface area contributed by atoms with E-state index in [-0.39, 0.29) is 5.78 Å². The maximum atomic E-state index is 13.3. The summed E-state index contributed by atoms with van der Waals surface area (Å²) in [5.74, 6) is -0.0116. The molecule has 0 bridgehead atoms. The summed E-state index contributed by atoms with van der Waals surface area (Å²) in [6, 6.07) is 15.3. The molecule has 0 radical (unpaired) electrons. The molecule has 5 rings (SSSR count). The number of Topliss-reactive ketones (excluding diaryl/α,β-unsaturated/α-hetero) is 1. The van der Waals surface area contributed by atoms with E-state index >= 15 is 0 Å². The summed E-state index contributed by atoms with van der Waals surface area (Å²) in [7, 11) is 0. The van der Waals surface area contributed by atoms with Gasteiger partial charge in [0.1, 0.15) is 6.04 Å². The smallest absolute Gasteiger partial charge is 0.294 e. The predicted molar refractivity (Wildman–Crippen MR) is 106 cm³/mol. The number of hydrogen-bond acceptors (Lipinski definition) is 3. The van der Waals surface area contributed by atoms with Crippen molar-refractivity contribution in [2.45, 2.75) is 25.3 Å². The number of nitrogens with zero attached hydrogens (tertiary/aromatic N) is 3. The first kappa shape index (κ1) is 17.0. The summed E-state index contributed by atoms with van der Waals surface area (Å²) in [6.07, 6.45) is 1.68. The molecular weight excluding hydrogens is 378 g/mol. The lowest BCUT2D eigenvalue weighted by molar-refractivity contribution is -0.116. The van der Waals surface area contributed by atoms with Gasteiger partial charge in [0.05, 0.1) is 11.4 Å². The second-order valence-electron chi connectivity index (χ2n) is 6.98. The fourth-order valence-electron chi connectivity index (χ4n) is 4.18. The van der Waals surface area contributed by atoms with Crippen LogP contribution in [0.1, 0.15) is 30.9 Å². The Morgan fingerprint density at radius 1 is 0.857 bits per heavy atom. The molecule has 0 saturated heterocycles. The Labute approximate surface area is 164 Å². The molecule has 1 atom stereocenters. The first-order chi connectivity index (χ1) is 13.6. The Kier molecular flexibility index (Phi) is 3.77. The predicted octanol–water partition coefficient (Wildman–Crippen LogP) is 3.02. The van der Waals surface area contributed by atoms with Crippen LogP contribution in [0.5, 0.6) is 0 Å². The molecule has 7 heteroatoms. The molecule has 0 amide bonds. The van der Waals surface area contributed by atoms with E-state index in [1.807, 2.05) is 6.07 Å². The highest BCUT2D eigenvalue weighted by atomic mass is 35.5. The van der Waals surface area contributed by atoms with E-state index in [4.69, 9.17) is 11.6 Å². The molecule has 1 aliphatic carbocycles. The summed E-state index contributed by atoms with van der Waals surface area (Å²) in [5.41, 5.74) is 1.53. The number of benzene rings is 2. The van der Waals surface area contributed by atoms with Crippen molar-refractivity contribution < 1.29 is 4.79 Å². The zero-order valence-corrected chi connectivity index (χ0v) is 15.6. The first-order valence-electron chi connectivity index (χ1n) is 9.12. The summed E-state index contributed by atoms with van der Waals surface area (Å²) in [5, 5.41) is 0.567. The van der Waals surface area contributed by atoms with Crippen LogP contribution in [0.4, 0.5) is 0 Å². The monoisotopic (exact) mass is 393 g/mol.